The van der Waals surface area contributed by atoms with Crippen LogP contribution < -0.4 is 10.1 Å². The lowest BCUT2D eigenvalue weighted by Gasteiger charge is -2.17. The molecule has 6 heteroatoms. The summed E-state index contributed by atoms with van der Waals surface area (Å²) in [5.74, 6) is -0.480. The van der Waals surface area contributed by atoms with Crippen LogP contribution in [0.25, 0.3) is 0 Å². The van der Waals surface area contributed by atoms with Crippen LogP contribution >= 0.6 is 0 Å². The van der Waals surface area contributed by atoms with Crippen LogP contribution in [0.15, 0.2) is 18.2 Å². The topological polar surface area (TPSA) is 21.3 Å². The lowest BCUT2D eigenvalue weighted by atomic mass is 10.1. The van der Waals surface area contributed by atoms with Crippen molar-refractivity contribution in [2.45, 2.75) is 19.1 Å². The molecule has 1 unspecified atom stereocenters. The first kappa shape index (κ1) is 13.8. The number of hydrogen-bond acceptors (Lipinski definition) is 2. The van der Waals surface area contributed by atoms with Crippen LogP contribution in [0.2, 0.25) is 0 Å². The minimum Gasteiger partial charge on any atom is -0.484 e. The fourth-order valence-electron chi connectivity index (χ4n) is 1.30. The predicted octanol–water partition coefficient (Wildman–Crippen LogP) is 3.05. The Morgan fingerprint density at radius 2 is 2.00 bits per heavy atom. The number of ether oxygens (including phenoxy) is 1. The second kappa shape index (κ2) is 5.35. The Morgan fingerprint density at radius 1 is 1.35 bits per heavy atom. The largest absolute Gasteiger partial charge is 0.484 e. The predicted molar refractivity (Wildman–Crippen MR) is 55.4 cm³/mol. The third-order valence-electron chi connectivity index (χ3n) is 2.26. The van der Waals surface area contributed by atoms with Crippen molar-refractivity contribution in [2.24, 2.45) is 0 Å². The van der Waals surface area contributed by atoms with Crippen LogP contribution in [-0.2, 0) is 0 Å². The molecule has 96 valence electrons. The minimum absolute atomic E-state index is 0.0329. The molecule has 0 aliphatic rings. The summed E-state index contributed by atoms with van der Waals surface area (Å²) in [4.78, 5) is 0. The Morgan fingerprint density at radius 3 is 2.53 bits per heavy atom. The van der Waals surface area contributed by atoms with Gasteiger partial charge in [-0.25, -0.2) is 4.39 Å². The molecule has 0 bridgehead atoms. The van der Waals surface area contributed by atoms with Crippen molar-refractivity contribution in [3.05, 3.63) is 29.6 Å². The molecular weight excluding hydrogens is 238 g/mol. The van der Waals surface area contributed by atoms with Crippen LogP contribution in [0.1, 0.15) is 18.5 Å². The van der Waals surface area contributed by atoms with Gasteiger partial charge in [0.2, 0.25) is 0 Å². The molecular formula is C11H13F4NO. The molecule has 0 aliphatic heterocycles. The first-order valence-corrected chi connectivity index (χ1v) is 5.00. The number of halogens is 4. The third-order valence-corrected chi connectivity index (χ3v) is 2.26. The van der Waals surface area contributed by atoms with Crippen LogP contribution in [0.4, 0.5) is 17.6 Å². The van der Waals surface area contributed by atoms with E-state index in [0.717, 1.165) is 12.1 Å². The maximum Gasteiger partial charge on any atom is 0.422 e. The van der Waals surface area contributed by atoms with Crippen molar-refractivity contribution in [3.63, 3.8) is 0 Å². The second-order valence-corrected chi connectivity index (χ2v) is 3.60. The molecule has 0 heterocycles. The van der Waals surface area contributed by atoms with Gasteiger partial charge in [0.25, 0.3) is 0 Å². The zero-order valence-electron chi connectivity index (χ0n) is 9.44. The fourth-order valence-corrected chi connectivity index (χ4v) is 1.30. The van der Waals surface area contributed by atoms with Gasteiger partial charge < -0.3 is 10.1 Å². The molecule has 1 aromatic rings. The molecule has 0 amide bonds. The molecule has 0 saturated carbocycles. The summed E-state index contributed by atoms with van der Waals surface area (Å²) < 4.78 is 53.7. The first-order chi connectivity index (χ1) is 7.83. The summed E-state index contributed by atoms with van der Waals surface area (Å²) in [6.07, 6.45) is -4.41. The van der Waals surface area contributed by atoms with E-state index in [9.17, 15) is 17.6 Å². The van der Waals surface area contributed by atoms with Crippen molar-refractivity contribution < 1.29 is 22.3 Å². The monoisotopic (exact) mass is 251 g/mol. The van der Waals surface area contributed by atoms with Gasteiger partial charge in [-0.05, 0) is 32.2 Å². The summed E-state index contributed by atoms with van der Waals surface area (Å²) in [6.45, 7) is 0.317. The van der Waals surface area contributed by atoms with Crippen LogP contribution in [0.5, 0.6) is 5.75 Å². The summed E-state index contributed by atoms with van der Waals surface area (Å²) in [7, 11) is 1.63. The van der Waals surface area contributed by atoms with Crippen LogP contribution in [0, 0.1) is 5.82 Å². The van der Waals surface area contributed by atoms with Crippen LogP contribution in [0.3, 0.4) is 0 Å². The molecule has 1 atom stereocenters. The van der Waals surface area contributed by atoms with Gasteiger partial charge in [-0.15, -0.1) is 0 Å². The molecule has 1 N–H and O–H groups in total. The highest BCUT2D eigenvalue weighted by atomic mass is 19.4. The van der Waals surface area contributed by atoms with E-state index in [4.69, 9.17) is 0 Å². The summed E-state index contributed by atoms with van der Waals surface area (Å²) in [5.41, 5.74) is 0.358. The zero-order valence-corrected chi connectivity index (χ0v) is 9.44. The van der Waals surface area contributed by atoms with Gasteiger partial charge in [0.1, 0.15) is 11.6 Å². The number of rotatable bonds is 4. The standard InChI is InChI=1S/C11H13F4NO/c1-7(16-2)9-5-8(12)3-4-10(9)17-6-11(13,14)15/h3-5,7,16H,6H2,1-2H3. The number of alkyl halides is 3. The molecule has 0 saturated heterocycles. The maximum absolute atomic E-state index is 13.0. The number of hydrogen-bond donors (Lipinski definition) is 1. The van der Waals surface area contributed by atoms with E-state index in [2.05, 4.69) is 10.1 Å². The second-order valence-electron chi connectivity index (χ2n) is 3.60. The van der Waals surface area contributed by atoms with E-state index in [1.807, 2.05) is 0 Å². The van der Waals surface area contributed by atoms with Gasteiger partial charge in [0.15, 0.2) is 6.61 Å². The van der Waals surface area contributed by atoms with Crippen molar-refractivity contribution in [2.75, 3.05) is 13.7 Å². The van der Waals surface area contributed by atoms with E-state index < -0.39 is 18.6 Å². The number of nitrogens with one attached hydrogen (secondary N) is 1. The van der Waals surface area contributed by atoms with Gasteiger partial charge in [0, 0.05) is 11.6 Å². The Hall–Kier alpha value is -1.30. The molecule has 2 nitrogen and oxygen atoms in total. The van der Waals surface area contributed by atoms with E-state index in [0.29, 0.717) is 5.56 Å². The van der Waals surface area contributed by atoms with Crippen molar-refractivity contribution in [1.82, 2.24) is 5.32 Å². The molecule has 0 radical (unpaired) electrons. The van der Waals surface area contributed by atoms with E-state index in [1.165, 1.54) is 6.07 Å². The van der Waals surface area contributed by atoms with E-state index >= 15 is 0 Å². The highest BCUT2D eigenvalue weighted by Crippen LogP contribution is 2.27. The zero-order chi connectivity index (χ0) is 13.1. The van der Waals surface area contributed by atoms with Crippen LogP contribution in [-0.4, -0.2) is 19.8 Å². The molecule has 1 rings (SSSR count). The van der Waals surface area contributed by atoms with E-state index in [-0.39, 0.29) is 11.8 Å². The fraction of sp³-hybridized carbons (Fsp3) is 0.455. The summed E-state index contributed by atoms with van der Waals surface area (Å²) >= 11 is 0. The average Bonchev–Trinajstić information content (AvgIpc) is 2.25. The molecule has 17 heavy (non-hydrogen) atoms. The highest BCUT2D eigenvalue weighted by molar-refractivity contribution is 5.36. The molecule has 0 spiro atoms. The van der Waals surface area contributed by atoms with Gasteiger partial charge >= 0.3 is 6.18 Å². The Kier molecular flexibility index (Phi) is 4.34. The van der Waals surface area contributed by atoms with Gasteiger partial charge in [-0.1, -0.05) is 0 Å². The van der Waals surface area contributed by atoms with Gasteiger partial charge in [-0.2, -0.15) is 13.2 Å². The Balaban J connectivity index is 2.90. The smallest absolute Gasteiger partial charge is 0.422 e. The van der Waals surface area contributed by atoms with Crippen molar-refractivity contribution in [1.29, 1.82) is 0 Å². The molecule has 0 fully saturated rings. The Bertz CT molecular complexity index is 378. The lowest BCUT2D eigenvalue weighted by Crippen LogP contribution is -2.21. The SMILES string of the molecule is CNC(C)c1cc(F)ccc1OCC(F)(F)F. The summed E-state index contributed by atoms with van der Waals surface area (Å²) in [6, 6.07) is 3.13. The average molecular weight is 251 g/mol. The van der Waals surface area contributed by atoms with Crippen molar-refractivity contribution in [3.8, 4) is 5.75 Å². The van der Waals surface area contributed by atoms with Gasteiger partial charge in [0.05, 0.1) is 0 Å². The minimum atomic E-state index is -4.41. The molecule has 0 aliphatic carbocycles. The number of benzene rings is 1. The Labute approximate surface area is 96.6 Å². The molecule has 1 aromatic carbocycles. The van der Waals surface area contributed by atoms with E-state index in [1.54, 1.807) is 14.0 Å². The lowest BCUT2D eigenvalue weighted by molar-refractivity contribution is -0.153. The first-order valence-electron chi connectivity index (χ1n) is 5.00. The van der Waals surface area contributed by atoms with Crippen molar-refractivity contribution >= 4 is 0 Å². The maximum atomic E-state index is 13.0. The van der Waals surface area contributed by atoms with Gasteiger partial charge in [-0.3, -0.25) is 0 Å². The summed E-state index contributed by atoms with van der Waals surface area (Å²) in [5, 5.41) is 2.82. The normalized spacial score (nSPS) is 13.5. The highest BCUT2D eigenvalue weighted by Gasteiger charge is 2.29. The third kappa shape index (κ3) is 4.22. The quantitative estimate of drug-likeness (QED) is 0.830. The molecule has 0 aromatic heterocycles.